The Kier molecular flexibility index (Phi) is 3.27. The van der Waals surface area contributed by atoms with E-state index in [1.165, 1.54) is 6.07 Å². The standard InChI is InChI=1S/C15H14N2O3S/c1-10-6-7-11(9-16)8-13(10)20-15-12-4-2-3-5-14(12)21(18,19)17-15/h2-8H,9,16H2,1H3. The van der Waals surface area contributed by atoms with Crippen molar-refractivity contribution in [3.8, 4) is 5.75 Å². The van der Waals surface area contributed by atoms with E-state index in [0.717, 1.165) is 11.1 Å². The van der Waals surface area contributed by atoms with Gasteiger partial charge < -0.3 is 10.5 Å². The number of sulfonamides is 1. The van der Waals surface area contributed by atoms with E-state index >= 15 is 0 Å². The van der Waals surface area contributed by atoms with Crippen LogP contribution in [0.5, 0.6) is 5.75 Å². The lowest BCUT2D eigenvalue weighted by molar-refractivity contribution is 0.548. The molecule has 108 valence electrons. The first kappa shape index (κ1) is 13.8. The SMILES string of the molecule is Cc1ccc(CN)cc1OC1=NS(=O)(=O)c2ccccc21. The molecule has 1 heterocycles. The highest BCUT2D eigenvalue weighted by Gasteiger charge is 2.30. The lowest BCUT2D eigenvalue weighted by atomic mass is 10.1. The zero-order chi connectivity index (χ0) is 15.0. The minimum atomic E-state index is -3.67. The van der Waals surface area contributed by atoms with Crippen molar-refractivity contribution in [1.82, 2.24) is 0 Å². The first-order chi connectivity index (χ1) is 10.0. The van der Waals surface area contributed by atoms with Crippen molar-refractivity contribution < 1.29 is 13.2 Å². The molecule has 0 unspecified atom stereocenters. The van der Waals surface area contributed by atoms with Gasteiger partial charge >= 0.3 is 0 Å². The smallest absolute Gasteiger partial charge is 0.286 e. The minimum absolute atomic E-state index is 0.0999. The lowest BCUT2D eigenvalue weighted by Gasteiger charge is -2.10. The summed E-state index contributed by atoms with van der Waals surface area (Å²) < 4.78 is 33.4. The van der Waals surface area contributed by atoms with Gasteiger partial charge in [0.1, 0.15) is 10.6 Å². The molecule has 0 spiro atoms. The summed E-state index contributed by atoms with van der Waals surface area (Å²) >= 11 is 0. The third kappa shape index (κ3) is 2.43. The van der Waals surface area contributed by atoms with E-state index in [4.69, 9.17) is 10.5 Å². The molecule has 0 radical (unpaired) electrons. The third-order valence-electron chi connectivity index (χ3n) is 3.29. The van der Waals surface area contributed by atoms with Crippen LogP contribution in [-0.2, 0) is 16.6 Å². The monoisotopic (exact) mass is 302 g/mol. The highest BCUT2D eigenvalue weighted by Crippen LogP contribution is 2.29. The van der Waals surface area contributed by atoms with Crippen molar-refractivity contribution in [1.29, 1.82) is 0 Å². The Morgan fingerprint density at radius 2 is 1.95 bits per heavy atom. The molecule has 0 aromatic heterocycles. The molecule has 21 heavy (non-hydrogen) atoms. The lowest BCUT2D eigenvalue weighted by Crippen LogP contribution is -2.09. The van der Waals surface area contributed by atoms with Gasteiger partial charge in [-0.3, -0.25) is 0 Å². The minimum Gasteiger partial charge on any atom is -0.437 e. The van der Waals surface area contributed by atoms with Crippen LogP contribution in [0.15, 0.2) is 51.8 Å². The van der Waals surface area contributed by atoms with Crippen LogP contribution in [0.4, 0.5) is 0 Å². The molecule has 2 aromatic carbocycles. The van der Waals surface area contributed by atoms with Gasteiger partial charge in [-0.25, -0.2) is 0 Å². The molecule has 0 amide bonds. The number of benzene rings is 2. The maximum absolute atomic E-state index is 12.0. The maximum Gasteiger partial charge on any atom is 0.286 e. The Bertz CT molecular complexity index is 842. The summed E-state index contributed by atoms with van der Waals surface area (Å²) in [5.74, 6) is 0.659. The van der Waals surface area contributed by atoms with Gasteiger partial charge in [0.05, 0.1) is 5.56 Å². The quantitative estimate of drug-likeness (QED) is 0.919. The summed E-state index contributed by atoms with van der Waals surface area (Å²) in [4.78, 5) is 0.174. The van der Waals surface area contributed by atoms with E-state index in [2.05, 4.69) is 4.40 Å². The van der Waals surface area contributed by atoms with E-state index < -0.39 is 10.0 Å². The van der Waals surface area contributed by atoms with Crippen LogP contribution in [0.25, 0.3) is 0 Å². The number of fused-ring (bicyclic) bond motifs is 1. The molecule has 2 N–H and O–H groups in total. The zero-order valence-electron chi connectivity index (χ0n) is 11.4. The molecule has 0 saturated carbocycles. The van der Waals surface area contributed by atoms with Crippen molar-refractivity contribution in [2.75, 3.05) is 0 Å². The second kappa shape index (κ2) is 4.98. The van der Waals surface area contributed by atoms with Crippen LogP contribution >= 0.6 is 0 Å². The molecule has 2 aromatic rings. The summed E-state index contributed by atoms with van der Waals surface area (Å²) in [5, 5.41) is 0. The summed E-state index contributed by atoms with van der Waals surface area (Å²) in [7, 11) is -3.67. The first-order valence-corrected chi connectivity index (χ1v) is 7.87. The summed E-state index contributed by atoms with van der Waals surface area (Å²) in [5.41, 5.74) is 7.89. The molecule has 5 nitrogen and oxygen atoms in total. The highest BCUT2D eigenvalue weighted by atomic mass is 32.2. The Morgan fingerprint density at radius 3 is 2.71 bits per heavy atom. The van der Waals surface area contributed by atoms with E-state index in [0.29, 0.717) is 17.9 Å². The molecule has 3 rings (SSSR count). The van der Waals surface area contributed by atoms with E-state index in [-0.39, 0.29) is 10.8 Å². The van der Waals surface area contributed by atoms with Crippen molar-refractivity contribution >= 4 is 15.9 Å². The van der Waals surface area contributed by atoms with Crippen LogP contribution in [0.3, 0.4) is 0 Å². The summed E-state index contributed by atoms with van der Waals surface area (Å²) in [6.45, 7) is 2.27. The summed E-state index contributed by atoms with van der Waals surface area (Å²) in [6, 6.07) is 12.2. The Hall–Kier alpha value is -2.18. The van der Waals surface area contributed by atoms with Gasteiger partial charge in [-0.15, -0.1) is 4.40 Å². The van der Waals surface area contributed by atoms with Gasteiger partial charge in [0, 0.05) is 6.54 Å². The summed E-state index contributed by atoms with van der Waals surface area (Å²) in [6.07, 6.45) is 0. The van der Waals surface area contributed by atoms with Gasteiger partial charge in [-0.2, -0.15) is 8.42 Å². The molecule has 0 saturated heterocycles. The molecule has 0 atom stereocenters. The van der Waals surface area contributed by atoms with E-state index in [1.54, 1.807) is 24.3 Å². The van der Waals surface area contributed by atoms with E-state index in [9.17, 15) is 8.42 Å². The topological polar surface area (TPSA) is 81.8 Å². The molecule has 1 aliphatic heterocycles. The van der Waals surface area contributed by atoms with Crippen molar-refractivity contribution in [3.63, 3.8) is 0 Å². The number of nitrogens with zero attached hydrogens (tertiary/aromatic N) is 1. The molecule has 0 fully saturated rings. The number of ether oxygens (including phenoxy) is 1. The Balaban J connectivity index is 2.04. The second-order valence-electron chi connectivity index (χ2n) is 4.77. The number of nitrogens with two attached hydrogens (primary N) is 1. The van der Waals surface area contributed by atoms with Gasteiger partial charge in [0.15, 0.2) is 0 Å². The fourth-order valence-corrected chi connectivity index (χ4v) is 3.27. The van der Waals surface area contributed by atoms with Crippen molar-refractivity contribution in [2.24, 2.45) is 10.1 Å². The van der Waals surface area contributed by atoms with Gasteiger partial charge in [0.2, 0.25) is 5.90 Å². The average molecular weight is 302 g/mol. The van der Waals surface area contributed by atoms with Gasteiger partial charge in [-0.1, -0.05) is 24.3 Å². The largest absolute Gasteiger partial charge is 0.437 e. The normalized spacial score (nSPS) is 15.4. The Labute approximate surface area is 123 Å². The molecule has 6 heteroatoms. The predicted octanol–water partition coefficient (Wildman–Crippen LogP) is 1.98. The van der Waals surface area contributed by atoms with Gasteiger partial charge in [0.25, 0.3) is 10.0 Å². The molecular weight excluding hydrogens is 288 g/mol. The number of hydrogen-bond donors (Lipinski definition) is 1. The van der Waals surface area contributed by atoms with Gasteiger partial charge in [-0.05, 0) is 36.2 Å². The number of rotatable bonds is 2. The first-order valence-electron chi connectivity index (χ1n) is 6.43. The highest BCUT2D eigenvalue weighted by molar-refractivity contribution is 7.90. The van der Waals surface area contributed by atoms with Crippen LogP contribution in [0, 0.1) is 6.92 Å². The van der Waals surface area contributed by atoms with E-state index in [1.807, 2.05) is 19.1 Å². The second-order valence-corrected chi connectivity index (χ2v) is 6.35. The average Bonchev–Trinajstić information content (AvgIpc) is 2.73. The van der Waals surface area contributed by atoms with Crippen molar-refractivity contribution in [2.45, 2.75) is 18.4 Å². The molecule has 0 aliphatic carbocycles. The molecular formula is C15H14N2O3S. The molecule has 0 bridgehead atoms. The van der Waals surface area contributed by atoms with Crippen LogP contribution in [-0.4, -0.2) is 14.3 Å². The van der Waals surface area contributed by atoms with Crippen LogP contribution in [0.1, 0.15) is 16.7 Å². The maximum atomic E-state index is 12.0. The fraction of sp³-hybridized carbons (Fsp3) is 0.133. The molecule has 1 aliphatic rings. The zero-order valence-corrected chi connectivity index (χ0v) is 12.2. The van der Waals surface area contributed by atoms with Crippen molar-refractivity contribution in [3.05, 3.63) is 59.2 Å². The van der Waals surface area contributed by atoms with Crippen LogP contribution < -0.4 is 10.5 Å². The number of aryl methyl sites for hydroxylation is 1. The Morgan fingerprint density at radius 1 is 1.19 bits per heavy atom. The van der Waals surface area contributed by atoms with Crippen LogP contribution in [0.2, 0.25) is 0 Å². The fourth-order valence-electron chi connectivity index (χ4n) is 2.13. The third-order valence-corrected chi connectivity index (χ3v) is 4.61. The predicted molar refractivity (Wildman–Crippen MR) is 79.9 cm³/mol. The number of hydrogen-bond acceptors (Lipinski definition) is 4.